The molecule has 0 aliphatic heterocycles. The molecule has 2 N–H and O–H groups in total. The number of nitrogens with one attached hydrogen (secondary N) is 1. The van der Waals surface area contributed by atoms with Crippen molar-refractivity contribution in [1.29, 1.82) is 0 Å². The molecule has 0 spiro atoms. The van der Waals surface area contributed by atoms with Crippen molar-refractivity contribution in [3.05, 3.63) is 23.8 Å². The van der Waals surface area contributed by atoms with Gasteiger partial charge in [0.05, 0.1) is 25.1 Å². The fourth-order valence-corrected chi connectivity index (χ4v) is 1.14. The number of carbonyl (C=O) groups excluding carboxylic acids is 1. The number of nitrogens with zero attached hydrogens (tertiary/aromatic N) is 2. The lowest BCUT2D eigenvalue weighted by Crippen LogP contribution is -2.26. The van der Waals surface area contributed by atoms with Crippen molar-refractivity contribution in [3.63, 3.8) is 0 Å². The molecule has 0 bridgehead atoms. The summed E-state index contributed by atoms with van der Waals surface area (Å²) < 4.78 is 5.06. The minimum absolute atomic E-state index is 0.0192. The Bertz CT molecular complexity index is 340. The van der Waals surface area contributed by atoms with Crippen LogP contribution in [0.2, 0.25) is 0 Å². The highest BCUT2D eigenvalue weighted by molar-refractivity contribution is 5.91. The highest BCUT2D eigenvalue weighted by atomic mass is 16.5. The molecule has 0 atom stereocenters. The number of carbonyl (C=O) groups is 1. The van der Waals surface area contributed by atoms with Crippen molar-refractivity contribution in [2.24, 2.45) is 0 Å². The Balaban J connectivity index is 2.19. The molecule has 0 saturated carbocycles. The molecule has 0 saturated heterocycles. The lowest BCUT2D eigenvalue weighted by atomic mass is 10.3. The maximum Gasteiger partial charge on any atom is 0.271 e. The largest absolute Gasteiger partial charge is 0.394 e. The van der Waals surface area contributed by atoms with Gasteiger partial charge in [0.2, 0.25) is 0 Å². The molecule has 1 aromatic rings. The SMILES string of the molecule is Cc1cnc(C(=O)NCCCOCCO)cn1. The minimum Gasteiger partial charge on any atom is -0.394 e. The van der Waals surface area contributed by atoms with Crippen molar-refractivity contribution >= 4 is 5.91 Å². The van der Waals surface area contributed by atoms with E-state index in [0.717, 1.165) is 5.69 Å². The third-order valence-electron chi connectivity index (χ3n) is 2.00. The van der Waals surface area contributed by atoms with E-state index in [2.05, 4.69) is 15.3 Å². The first-order chi connectivity index (χ1) is 8.24. The standard InChI is InChI=1S/C11H17N3O3/c1-9-7-14-10(8-13-9)11(16)12-3-2-5-17-6-4-15/h7-8,15H,2-6H2,1H3,(H,12,16). The van der Waals surface area contributed by atoms with Crippen molar-refractivity contribution in [2.45, 2.75) is 13.3 Å². The molecule has 1 amide bonds. The number of aromatic nitrogens is 2. The van der Waals surface area contributed by atoms with E-state index < -0.39 is 0 Å². The van der Waals surface area contributed by atoms with Crippen molar-refractivity contribution in [1.82, 2.24) is 15.3 Å². The van der Waals surface area contributed by atoms with Crippen LogP contribution in [0.3, 0.4) is 0 Å². The fourth-order valence-electron chi connectivity index (χ4n) is 1.14. The number of aryl methyl sites for hydroxylation is 1. The molecule has 0 aliphatic rings. The number of amides is 1. The van der Waals surface area contributed by atoms with Gasteiger partial charge >= 0.3 is 0 Å². The summed E-state index contributed by atoms with van der Waals surface area (Å²) in [6, 6.07) is 0. The summed E-state index contributed by atoms with van der Waals surface area (Å²) in [6.07, 6.45) is 3.71. The van der Waals surface area contributed by atoms with Gasteiger partial charge in [-0.1, -0.05) is 0 Å². The molecule has 6 nitrogen and oxygen atoms in total. The van der Waals surface area contributed by atoms with Gasteiger partial charge < -0.3 is 15.2 Å². The average molecular weight is 239 g/mol. The summed E-state index contributed by atoms with van der Waals surface area (Å²) in [4.78, 5) is 19.5. The normalized spacial score (nSPS) is 10.2. The van der Waals surface area contributed by atoms with Gasteiger partial charge in [-0.15, -0.1) is 0 Å². The first-order valence-corrected chi connectivity index (χ1v) is 5.49. The third-order valence-corrected chi connectivity index (χ3v) is 2.00. The van der Waals surface area contributed by atoms with E-state index in [0.29, 0.717) is 31.9 Å². The highest BCUT2D eigenvalue weighted by Gasteiger charge is 2.05. The van der Waals surface area contributed by atoms with Crippen LogP contribution in [0.4, 0.5) is 0 Å². The Morgan fingerprint density at radius 3 is 2.88 bits per heavy atom. The predicted molar refractivity (Wildman–Crippen MR) is 61.6 cm³/mol. The average Bonchev–Trinajstić information content (AvgIpc) is 2.34. The number of ether oxygens (including phenoxy) is 1. The van der Waals surface area contributed by atoms with Gasteiger partial charge in [0.15, 0.2) is 0 Å². The van der Waals surface area contributed by atoms with Gasteiger partial charge in [-0.2, -0.15) is 0 Å². The molecule has 0 aromatic carbocycles. The molecule has 0 fully saturated rings. The lowest BCUT2D eigenvalue weighted by molar-refractivity contribution is 0.0865. The van der Waals surface area contributed by atoms with E-state index in [1.807, 2.05) is 6.92 Å². The number of hydrogen-bond acceptors (Lipinski definition) is 5. The summed E-state index contributed by atoms with van der Waals surface area (Å²) in [5, 5.41) is 11.2. The number of hydrogen-bond donors (Lipinski definition) is 2. The van der Waals surface area contributed by atoms with Crippen LogP contribution in [0.25, 0.3) is 0 Å². The second kappa shape index (κ2) is 7.70. The summed E-state index contributed by atoms with van der Waals surface area (Å²) in [5.74, 6) is -0.236. The molecule has 1 rings (SSSR count). The molecule has 6 heteroatoms. The van der Waals surface area contributed by atoms with Gasteiger partial charge in [0.25, 0.3) is 5.91 Å². The van der Waals surface area contributed by atoms with Crippen LogP contribution in [0.15, 0.2) is 12.4 Å². The molecular weight excluding hydrogens is 222 g/mol. The van der Waals surface area contributed by atoms with Crippen LogP contribution in [0.1, 0.15) is 22.6 Å². The number of aliphatic hydroxyl groups is 1. The van der Waals surface area contributed by atoms with Crippen LogP contribution in [-0.2, 0) is 4.74 Å². The lowest BCUT2D eigenvalue weighted by Gasteiger charge is -2.05. The second-order valence-corrected chi connectivity index (χ2v) is 3.49. The van der Waals surface area contributed by atoms with E-state index in [9.17, 15) is 4.79 Å². The van der Waals surface area contributed by atoms with Crippen LogP contribution >= 0.6 is 0 Å². The first-order valence-electron chi connectivity index (χ1n) is 5.49. The zero-order valence-electron chi connectivity index (χ0n) is 9.85. The zero-order chi connectivity index (χ0) is 12.5. The predicted octanol–water partition coefficient (Wildman–Crippen LogP) is -0.0862. The first kappa shape index (κ1) is 13.5. The second-order valence-electron chi connectivity index (χ2n) is 3.49. The Hall–Kier alpha value is -1.53. The van der Waals surface area contributed by atoms with E-state index >= 15 is 0 Å². The number of rotatable bonds is 7. The fraction of sp³-hybridized carbons (Fsp3) is 0.545. The van der Waals surface area contributed by atoms with Gasteiger partial charge in [-0.25, -0.2) is 4.98 Å². The Kier molecular flexibility index (Phi) is 6.13. The molecule has 0 radical (unpaired) electrons. The molecule has 1 heterocycles. The molecule has 0 unspecified atom stereocenters. The molecular formula is C11H17N3O3. The monoisotopic (exact) mass is 239 g/mol. The Labute approximate surface area is 100 Å². The summed E-state index contributed by atoms with van der Waals surface area (Å²) in [7, 11) is 0. The molecule has 94 valence electrons. The van der Waals surface area contributed by atoms with Crippen LogP contribution < -0.4 is 5.32 Å². The quantitative estimate of drug-likeness (QED) is 0.650. The van der Waals surface area contributed by atoms with Crippen molar-refractivity contribution in [3.8, 4) is 0 Å². The summed E-state index contributed by atoms with van der Waals surface area (Å²) >= 11 is 0. The van der Waals surface area contributed by atoms with Crippen molar-refractivity contribution in [2.75, 3.05) is 26.4 Å². The summed E-state index contributed by atoms with van der Waals surface area (Å²) in [5.41, 5.74) is 1.09. The maximum atomic E-state index is 11.6. The smallest absolute Gasteiger partial charge is 0.271 e. The third kappa shape index (κ3) is 5.37. The molecule has 0 aliphatic carbocycles. The van der Waals surface area contributed by atoms with Gasteiger partial charge in [-0.05, 0) is 13.3 Å². The summed E-state index contributed by atoms with van der Waals surface area (Å²) in [6.45, 7) is 3.19. The van der Waals surface area contributed by atoms with Crippen LogP contribution in [0.5, 0.6) is 0 Å². The van der Waals surface area contributed by atoms with Gasteiger partial charge in [0, 0.05) is 19.3 Å². The Morgan fingerprint density at radius 1 is 1.41 bits per heavy atom. The zero-order valence-corrected chi connectivity index (χ0v) is 9.85. The van der Waals surface area contributed by atoms with Gasteiger partial charge in [-0.3, -0.25) is 9.78 Å². The van der Waals surface area contributed by atoms with E-state index in [4.69, 9.17) is 9.84 Å². The van der Waals surface area contributed by atoms with Crippen LogP contribution in [0, 0.1) is 6.92 Å². The topological polar surface area (TPSA) is 84.3 Å². The minimum atomic E-state index is -0.236. The van der Waals surface area contributed by atoms with E-state index in [-0.39, 0.29) is 12.5 Å². The highest BCUT2D eigenvalue weighted by Crippen LogP contribution is 1.93. The van der Waals surface area contributed by atoms with Gasteiger partial charge in [0.1, 0.15) is 5.69 Å². The van der Waals surface area contributed by atoms with E-state index in [1.165, 1.54) is 6.20 Å². The van der Waals surface area contributed by atoms with Crippen LogP contribution in [-0.4, -0.2) is 47.3 Å². The number of aliphatic hydroxyl groups excluding tert-OH is 1. The molecule has 17 heavy (non-hydrogen) atoms. The van der Waals surface area contributed by atoms with Crippen molar-refractivity contribution < 1.29 is 14.6 Å². The van der Waals surface area contributed by atoms with E-state index in [1.54, 1.807) is 6.20 Å². The maximum absolute atomic E-state index is 11.6. The Morgan fingerprint density at radius 2 is 2.24 bits per heavy atom. The molecule has 1 aromatic heterocycles.